The van der Waals surface area contributed by atoms with E-state index >= 15 is 0 Å². The maximum absolute atomic E-state index is 12.7. The summed E-state index contributed by atoms with van der Waals surface area (Å²) in [6.45, 7) is 3.18. The first-order chi connectivity index (χ1) is 7.74. The van der Waals surface area contributed by atoms with Gasteiger partial charge >= 0.3 is 0 Å². The number of benzene rings is 1. The van der Waals surface area contributed by atoms with Gasteiger partial charge in [-0.2, -0.15) is 11.8 Å². The van der Waals surface area contributed by atoms with E-state index in [9.17, 15) is 4.39 Å². The summed E-state index contributed by atoms with van der Waals surface area (Å²) in [5, 5.41) is 8.84. The van der Waals surface area contributed by atoms with Crippen LogP contribution in [0.25, 0.3) is 0 Å². The molecule has 4 heteroatoms. The molecule has 0 saturated carbocycles. The third-order valence-corrected chi connectivity index (χ3v) is 3.35. The van der Waals surface area contributed by atoms with Crippen LogP contribution in [0.5, 0.6) is 0 Å². The Labute approximate surface area is 99.8 Å². The van der Waals surface area contributed by atoms with E-state index in [4.69, 9.17) is 9.84 Å². The lowest BCUT2D eigenvalue weighted by Gasteiger charge is -2.11. The smallest absolute Gasteiger partial charge is 0.123 e. The zero-order valence-electron chi connectivity index (χ0n) is 9.36. The van der Waals surface area contributed by atoms with E-state index in [-0.39, 0.29) is 12.4 Å². The molecule has 2 nitrogen and oxygen atoms in total. The highest BCUT2D eigenvalue weighted by atomic mass is 32.2. The minimum absolute atomic E-state index is 0.0676. The van der Waals surface area contributed by atoms with Gasteiger partial charge < -0.3 is 9.84 Å². The number of hydrogen-bond acceptors (Lipinski definition) is 3. The van der Waals surface area contributed by atoms with Crippen LogP contribution < -0.4 is 0 Å². The molecule has 0 aromatic heterocycles. The van der Waals surface area contributed by atoms with Gasteiger partial charge in [-0.25, -0.2) is 4.39 Å². The topological polar surface area (TPSA) is 29.5 Å². The van der Waals surface area contributed by atoms with Crippen LogP contribution in [0.3, 0.4) is 0 Å². The van der Waals surface area contributed by atoms with E-state index in [1.807, 2.05) is 12.1 Å². The van der Waals surface area contributed by atoms with Crippen LogP contribution in [0.1, 0.15) is 17.7 Å². The lowest BCUT2D eigenvalue weighted by Crippen LogP contribution is -2.03. The normalized spacial score (nSPS) is 12.7. The first kappa shape index (κ1) is 13.5. The minimum Gasteiger partial charge on any atom is -0.394 e. The highest BCUT2D eigenvalue weighted by molar-refractivity contribution is 7.99. The van der Waals surface area contributed by atoms with Gasteiger partial charge in [-0.1, -0.05) is 12.1 Å². The summed E-state index contributed by atoms with van der Waals surface area (Å²) in [6, 6.07) is 6.58. The largest absolute Gasteiger partial charge is 0.394 e. The summed E-state index contributed by atoms with van der Waals surface area (Å²) in [5.74, 6) is 0.672. The Balaban J connectivity index is 2.24. The molecule has 0 spiro atoms. The van der Waals surface area contributed by atoms with Crippen molar-refractivity contribution in [3.63, 3.8) is 0 Å². The molecule has 1 N–H and O–H groups in total. The van der Waals surface area contributed by atoms with Gasteiger partial charge in [0.2, 0.25) is 0 Å². The third-order valence-electron chi connectivity index (χ3n) is 2.17. The molecule has 1 atom stereocenters. The van der Waals surface area contributed by atoms with Crippen molar-refractivity contribution in [2.75, 3.05) is 25.6 Å². The molecule has 0 aliphatic carbocycles. The zero-order valence-corrected chi connectivity index (χ0v) is 10.2. The van der Waals surface area contributed by atoms with Crippen LogP contribution in [-0.4, -0.2) is 30.7 Å². The molecule has 0 amide bonds. The molecule has 0 heterocycles. The molecule has 0 aliphatic rings. The van der Waals surface area contributed by atoms with Crippen molar-refractivity contribution >= 4 is 11.8 Å². The summed E-state index contributed by atoms with van der Waals surface area (Å²) in [6.07, 6.45) is 0. The number of aliphatic hydroxyl groups is 1. The van der Waals surface area contributed by atoms with Crippen LogP contribution in [0.15, 0.2) is 24.3 Å². The molecule has 0 bridgehead atoms. The lowest BCUT2D eigenvalue weighted by atomic mass is 10.2. The van der Waals surface area contributed by atoms with E-state index in [1.165, 1.54) is 12.1 Å². The Morgan fingerprint density at radius 2 is 2.00 bits per heavy atom. The van der Waals surface area contributed by atoms with Gasteiger partial charge in [-0.15, -0.1) is 0 Å². The maximum atomic E-state index is 12.7. The average Bonchev–Trinajstić information content (AvgIpc) is 2.29. The van der Waals surface area contributed by atoms with E-state index in [0.717, 1.165) is 11.3 Å². The lowest BCUT2D eigenvalue weighted by molar-refractivity contribution is 0.103. The Bertz CT molecular complexity index is 290. The second-order valence-corrected chi connectivity index (χ2v) is 4.85. The minimum atomic E-state index is -0.202. The molecule has 0 fully saturated rings. The molecular formula is C12H17FO2S. The Kier molecular flexibility index (Phi) is 6.45. The van der Waals surface area contributed by atoms with Crippen molar-refractivity contribution in [3.05, 3.63) is 35.6 Å². The Morgan fingerprint density at radius 3 is 2.62 bits per heavy atom. The maximum Gasteiger partial charge on any atom is 0.123 e. The summed E-state index contributed by atoms with van der Waals surface area (Å²) in [7, 11) is 0. The Hall–Kier alpha value is -0.580. The number of aliphatic hydroxyl groups excluding tert-OH is 1. The van der Waals surface area contributed by atoms with Crippen LogP contribution >= 0.6 is 11.8 Å². The van der Waals surface area contributed by atoms with Crippen molar-refractivity contribution in [1.29, 1.82) is 0 Å². The molecule has 0 radical (unpaired) electrons. The quantitative estimate of drug-likeness (QED) is 0.748. The third kappa shape index (κ3) is 4.96. The fourth-order valence-corrected chi connectivity index (χ4v) is 2.20. The van der Waals surface area contributed by atoms with E-state index in [1.54, 1.807) is 11.8 Å². The SMILES string of the molecule is CC(SCCOCCO)c1ccc(F)cc1. The summed E-state index contributed by atoms with van der Waals surface area (Å²) >= 11 is 1.76. The zero-order chi connectivity index (χ0) is 11.8. The number of halogens is 1. The number of hydrogen-bond donors (Lipinski definition) is 1. The molecule has 16 heavy (non-hydrogen) atoms. The van der Waals surface area contributed by atoms with Gasteiger partial charge in [0.25, 0.3) is 0 Å². The van der Waals surface area contributed by atoms with E-state index < -0.39 is 0 Å². The number of ether oxygens (including phenoxy) is 1. The highest BCUT2D eigenvalue weighted by Crippen LogP contribution is 2.27. The predicted molar refractivity (Wildman–Crippen MR) is 65.2 cm³/mol. The van der Waals surface area contributed by atoms with Crippen molar-refractivity contribution in [3.8, 4) is 0 Å². The molecular weight excluding hydrogens is 227 g/mol. The van der Waals surface area contributed by atoms with Crippen LogP contribution in [0.4, 0.5) is 4.39 Å². The second-order valence-electron chi connectivity index (χ2n) is 3.40. The van der Waals surface area contributed by atoms with Crippen molar-refractivity contribution < 1.29 is 14.2 Å². The molecule has 1 rings (SSSR count). The van der Waals surface area contributed by atoms with Crippen molar-refractivity contribution in [2.24, 2.45) is 0 Å². The molecule has 0 aliphatic heterocycles. The summed E-state index contributed by atoms with van der Waals surface area (Å²) in [4.78, 5) is 0. The summed E-state index contributed by atoms with van der Waals surface area (Å²) in [5.41, 5.74) is 1.12. The number of thioether (sulfide) groups is 1. The monoisotopic (exact) mass is 244 g/mol. The first-order valence-electron chi connectivity index (χ1n) is 5.29. The van der Waals surface area contributed by atoms with Crippen LogP contribution in [0, 0.1) is 5.82 Å². The summed E-state index contributed by atoms with van der Waals surface area (Å²) < 4.78 is 17.8. The van der Waals surface area contributed by atoms with Gasteiger partial charge in [-0.05, 0) is 24.6 Å². The standard InChI is InChI=1S/C12H17FO2S/c1-10(16-9-8-15-7-6-14)11-2-4-12(13)5-3-11/h2-5,10,14H,6-9H2,1H3. The molecule has 1 unspecified atom stereocenters. The predicted octanol–water partition coefficient (Wildman–Crippen LogP) is 2.63. The highest BCUT2D eigenvalue weighted by Gasteiger charge is 2.05. The molecule has 90 valence electrons. The van der Waals surface area contributed by atoms with Gasteiger partial charge in [0.15, 0.2) is 0 Å². The fraction of sp³-hybridized carbons (Fsp3) is 0.500. The average molecular weight is 244 g/mol. The van der Waals surface area contributed by atoms with Crippen LogP contribution in [-0.2, 0) is 4.74 Å². The van der Waals surface area contributed by atoms with E-state index in [0.29, 0.717) is 18.5 Å². The van der Waals surface area contributed by atoms with Crippen molar-refractivity contribution in [2.45, 2.75) is 12.2 Å². The molecule has 1 aromatic carbocycles. The van der Waals surface area contributed by atoms with E-state index in [2.05, 4.69) is 6.92 Å². The van der Waals surface area contributed by atoms with Crippen LogP contribution in [0.2, 0.25) is 0 Å². The molecule has 1 aromatic rings. The second kappa shape index (κ2) is 7.65. The number of rotatable bonds is 7. The Morgan fingerprint density at radius 1 is 1.31 bits per heavy atom. The van der Waals surface area contributed by atoms with Gasteiger partial charge in [0.05, 0.1) is 19.8 Å². The molecule has 0 saturated heterocycles. The first-order valence-corrected chi connectivity index (χ1v) is 6.34. The van der Waals surface area contributed by atoms with Gasteiger partial charge in [-0.3, -0.25) is 0 Å². The van der Waals surface area contributed by atoms with Gasteiger partial charge in [0.1, 0.15) is 5.82 Å². The van der Waals surface area contributed by atoms with Crippen molar-refractivity contribution in [1.82, 2.24) is 0 Å². The van der Waals surface area contributed by atoms with Gasteiger partial charge in [0, 0.05) is 11.0 Å². The fourth-order valence-electron chi connectivity index (χ4n) is 1.28.